The van der Waals surface area contributed by atoms with Gasteiger partial charge in [-0.1, -0.05) is 61.9 Å². The molecular formula is C26H25N3O5S. The fraction of sp³-hybridized carbons (Fsp3) is 0.192. The molecule has 0 fully saturated rings. The fourth-order valence-electron chi connectivity index (χ4n) is 3.82. The van der Waals surface area contributed by atoms with E-state index in [1.165, 1.54) is 12.1 Å². The van der Waals surface area contributed by atoms with Gasteiger partial charge < -0.3 is 9.30 Å². The van der Waals surface area contributed by atoms with E-state index >= 15 is 0 Å². The molecule has 9 heteroatoms. The number of aryl methyl sites for hydroxylation is 1. The van der Waals surface area contributed by atoms with Gasteiger partial charge in [0.05, 0.1) is 21.5 Å². The van der Waals surface area contributed by atoms with Crippen molar-refractivity contribution in [2.24, 2.45) is 5.14 Å². The van der Waals surface area contributed by atoms with E-state index in [1.807, 2.05) is 10.6 Å². The smallest absolute Gasteiger partial charge is 0.339 e. The Balaban J connectivity index is 1.62. The highest BCUT2D eigenvalue weighted by atomic mass is 32.2. The molecule has 0 bridgehead atoms. The summed E-state index contributed by atoms with van der Waals surface area (Å²) >= 11 is 0. The average molecular weight is 492 g/mol. The second-order valence-corrected chi connectivity index (χ2v) is 9.61. The van der Waals surface area contributed by atoms with Gasteiger partial charge in [-0.15, -0.1) is 0 Å². The van der Waals surface area contributed by atoms with Gasteiger partial charge in [0.15, 0.2) is 5.78 Å². The first-order chi connectivity index (χ1) is 16.8. The summed E-state index contributed by atoms with van der Waals surface area (Å²) in [6.45, 7) is 2.53. The van der Waals surface area contributed by atoms with Crippen LogP contribution in [0, 0.1) is 0 Å². The summed E-state index contributed by atoms with van der Waals surface area (Å²) in [4.78, 5) is 30.4. The molecule has 0 amide bonds. The third kappa shape index (κ3) is 5.31. The molecule has 0 saturated heterocycles. The Morgan fingerprint density at radius 3 is 2.34 bits per heavy atom. The maximum atomic E-state index is 13.0. The Hall–Kier alpha value is -3.82. The third-order valence-electron chi connectivity index (χ3n) is 5.62. The Bertz CT molecular complexity index is 1490. The number of sulfonamides is 1. The van der Waals surface area contributed by atoms with Gasteiger partial charge in [0, 0.05) is 17.7 Å². The van der Waals surface area contributed by atoms with Crippen LogP contribution in [0.3, 0.4) is 0 Å². The Kier molecular flexibility index (Phi) is 7.09. The van der Waals surface area contributed by atoms with Crippen molar-refractivity contribution < 1.29 is 22.7 Å². The van der Waals surface area contributed by atoms with Crippen molar-refractivity contribution in [2.45, 2.75) is 37.8 Å². The summed E-state index contributed by atoms with van der Waals surface area (Å²) in [6.07, 6.45) is 1.79. The number of hydrogen-bond donors (Lipinski definition) is 1. The fourth-order valence-corrected chi connectivity index (χ4v) is 4.36. The number of hydrogen-bond acceptors (Lipinski definition) is 6. The molecule has 0 aliphatic carbocycles. The number of aromatic nitrogens is 2. The molecular weight excluding hydrogens is 466 g/mol. The molecule has 4 aromatic rings. The molecule has 0 spiro atoms. The molecule has 0 aliphatic rings. The molecule has 35 heavy (non-hydrogen) atoms. The molecule has 2 N–H and O–H groups in total. The number of imidazole rings is 1. The summed E-state index contributed by atoms with van der Waals surface area (Å²) < 4.78 is 31.0. The number of primary sulfonamides is 1. The minimum atomic E-state index is -3.88. The minimum absolute atomic E-state index is 0.0398. The molecule has 0 aliphatic heterocycles. The zero-order chi connectivity index (χ0) is 25.0. The Morgan fingerprint density at radius 1 is 0.971 bits per heavy atom. The average Bonchev–Trinajstić information content (AvgIpc) is 3.22. The maximum Gasteiger partial charge on any atom is 0.339 e. The molecule has 0 unspecified atom stereocenters. The van der Waals surface area contributed by atoms with Crippen molar-refractivity contribution in [1.82, 2.24) is 9.55 Å². The number of esters is 1. The second-order valence-electron chi connectivity index (χ2n) is 8.05. The second kappa shape index (κ2) is 10.2. The number of ether oxygens (including phenoxy) is 1. The van der Waals surface area contributed by atoms with Crippen LogP contribution in [0.25, 0.3) is 11.0 Å². The van der Waals surface area contributed by atoms with Crippen LogP contribution in [0.4, 0.5) is 0 Å². The number of nitrogens with zero attached hydrogens (tertiary/aromatic N) is 2. The van der Waals surface area contributed by atoms with Crippen molar-refractivity contribution >= 4 is 32.8 Å². The number of fused-ring (bicyclic) bond motifs is 1. The lowest BCUT2D eigenvalue weighted by atomic mass is 9.98. The van der Waals surface area contributed by atoms with Crippen LogP contribution in [0.2, 0.25) is 0 Å². The molecule has 0 radical (unpaired) electrons. The van der Waals surface area contributed by atoms with Gasteiger partial charge in [0.25, 0.3) is 0 Å². The van der Waals surface area contributed by atoms with E-state index in [1.54, 1.807) is 54.6 Å². The number of carbonyl (C=O) groups is 2. The summed E-state index contributed by atoms with van der Waals surface area (Å²) in [6, 6.07) is 19.7. The molecule has 0 atom stereocenters. The highest BCUT2D eigenvalue weighted by Gasteiger charge is 2.21. The molecule has 1 aromatic heterocycles. The van der Waals surface area contributed by atoms with Crippen LogP contribution < -0.4 is 5.14 Å². The monoisotopic (exact) mass is 491 g/mol. The zero-order valence-electron chi connectivity index (χ0n) is 19.2. The Morgan fingerprint density at radius 2 is 1.66 bits per heavy atom. The predicted octanol–water partition coefficient (Wildman–Crippen LogP) is 4.07. The van der Waals surface area contributed by atoms with Crippen LogP contribution in [-0.2, 0) is 27.9 Å². The molecule has 8 nitrogen and oxygen atoms in total. The Labute approximate surface area is 203 Å². The normalized spacial score (nSPS) is 11.5. The van der Waals surface area contributed by atoms with Crippen LogP contribution in [0.1, 0.15) is 51.9 Å². The molecule has 180 valence electrons. The van der Waals surface area contributed by atoms with Gasteiger partial charge in [0.1, 0.15) is 12.4 Å². The molecule has 1 heterocycles. The van der Waals surface area contributed by atoms with Crippen LogP contribution >= 0.6 is 0 Å². The highest BCUT2D eigenvalue weighted by Crippen LogP contribution is 2.22. The number of nitrogens with two attached hydrogens (primary N) is 1. The molecule has 4 rings (SSSR count). The van der Waals surface area contributed by atoms with Crippen molar-refractivity contribution in [3.8, 4) is 0 Å². The lowest BCUT2D eigenvalue weighted by molar-refractivity contribution is 0.0456. The van der Waals surface area contributed by atoms with Gasteiger partial charge in [-0.05, 0) is 30.7 Å². The maximum absolute atomic E-state index is 13.0. The molecule has 3 aromatic carbocycles. The van der Waals surface area contributed by atoms with Crippen LogP contribution in [0.15, 0.2) is 77.7 Å². The number of benzene rings is 3. The van der Waals surface area contributed by atoms with Gasteiger partial charge in [-0.3, -0.25) is 4.79 Å². The predicted molar refractivity (Wildman–Crippen MR) is 131 cm³/mol. The summed E-state index contributed by atoms with van der Waals surface area (Å²) in [5.41, 5.74) is 2.05. The largest absolute Gasteiger partial charge is 0.454 e. The first-order valence-electron chi connectivity index (χ1n) is 11.2. The third-order valence-corrected chi connectivity index (χ3v) is 6.53. The van der Waals surface area contributed by atoms with Crippen molar-refractivity contribution in [2.75, 3.05) is 0 Å². The summed E-state index contributed by atoms with van der Waals surface area (Å²) in [5, 5.41) is 5.26. The van der Waals surface area contributed by atoms with Crippen molar-refractivity contribution in [3.63, 3.8) is 0 Å². The standard InChI is InChI=1S/C26H25N3O5S/c1-2-3-15-29-23-14-13-19(35(27,32)33)16-22(23)28-24(29)17-34-26(31)21-12-8-7-11-20(21)25(30)18-9-5-4-6-10-18/h4-14,16H,2-3,15,17H2,1H3,(H2,27,32,33). The van der Waals surface area contributed by atoms with Gasteiger partial charge >= 0.3 is 5.97 Å². The van der Waals surface area contributed by atoms with E-state index in [9.17, 15) is 18.0 Å². The van der Waals surface area contributed by atoms with Gasteiger partial charge in [0.2, 0.25) is 10.0 Å². The van der Waals surface area contributed by atoms with E-state index in [0.717, 1.165) is 18.4 Å². The summed E-state index contributed by atoms with van der Waals surface area (Å²) in [5.74, 6) is -0.451. The van der Waals surface area contributed by atoms with Crippen LogP contribution in [0.5, 0.6) is 0 Å². The zero-order valence-corrected chi connectivity index (χ0v) is 20.0. The summed E-state index contributed by atoms with van der Waals surface area (Å²) in [7, 11) is -3.88. The number of rotatable bonds is 9. The van der Waals surface area contributed by atoms with E-state index in [2.05, 4.69) is 11.9 Å². The van der Waals surface area contributed by atoms with Gasteiger partial charge in [-0.2, -0.15) is 0 Å². The number of carbonyl (C=O) groups excluding carboxylic acids is 2. The van der Waals surface area contributed by atoms with Gasteiger partial charge in [-0.25, -0.2) is 23.3 Å². The number of ketones is 1. The van der Waals surface area contributed by atoms with Crippen molar-refractivity contribution in [1.29, 1.82) is 0 Å². The molecule has 0 saturated carbocycles. The first kappa shape index (κ1) is 24.3. The van der Waals surface area contributed by atoms with E-state index < -0.39 is 16.0 Å². The minimum Gasteiger partial charge on any atom is -0.454 e. The lowest BCUT2D eigenvalue weighted by Gasteiger charge is -2.11. The SMILES string of the molecule is CCCCn1c(COC(=O)c2ccccc2C(=O)c2ccccc2)nc2cc(S(N)(=O)=O)ccc21. The quantitative estimate of drug-likeness (QED) is 0.278. The van der Waals surface area contributed by atoms with E-state index in [4.69, 9.17) is 9.88 Å². The van der Waals surface area contributed by atoms with E-state index in [-0.39, 0.29) is 28.4 Å². The first-order valence-corrected chi connectivity index (χ1v) is 12.7. The number of unbranched alkanes of at least 4 members (excludes halogenated alkanes) is 1. The topological polar surface area (TPSA) is 121 Å². The van der Waals surface area contributed by atoms with E-state index in [0.29, 0.717) is 23.4 Å². The highest BCUT2D eigenvalue weighted by molar-refractivity contribution is 7.89. The van der Waals surface area contributed by atoms with Crippen LogP contribution in [-0.4, -0.2) is 29.7 Å². The lowest BCUT2D eigenvalue weighted by Crippen LogP contribution is -2.14. The van der Waals surface area contributed by atoms with Crippen molar-refractivity contribution in [3.05, 3.63) is 95.3 Å².